The van der Waals surface area contributed by atoms with Gasteiger partial charge in [0.1, 0.15) is 11.3 Å². The number of aliphatic hydroxyl groups excluding tert-OH is 1. The van der Waals surface area contributed by atoms with E-state index in [9.17, 15) is 5.11 Å². The Bertz CT molecular complexity index is 642. The third kappa shape index (κ3) is 2.41. The minimum absolute atomic E-state index is 0.0106. The van der Waals surface area contributed by atoms with E-state index in [1.54, 1.807) is 12.5 Å². The first-order chi connectivity index (χ1) is 9.38. The van der Waals surface area contributed by atoms with Gasteiger partial charge in [-0.15, -0.1) is 0 Å². The predicted molar refractivity (Wildman–Crippen MR) is 71.6 cm³/mol. The number of nitrogens with one attached hydrogen (secondary N) is 1. The zero-order valence-corrected chi connectivity index (χ0v) is 10.4. The van der Waals surface area contributed by atoms with Crippen molar-refractivity contribution in [1.29, 1.82) is 0 Å². The molecule has 0 saturated carbocycles. The van der Waals surface area contributed by atoms with Gasteiger partial charge in [0.2, 0.25) is 0 Å². The zero-order chi connectivity index (χ0) is 13.1. The van der Waals surface area contributed by atoms with Crippen LogP contribution < -0.4 is 5.32 Å². The van der Waals surface area contributed by atoms with Gasteiger partial charge >= 0.3 is 0 Å². The summed E-state index contributed by atoms with van der Waals surface area (Å²) >= 11 is 0. The topological polar surface area (TPSA) is 58.5 Å². The molecular formula is C15H15NO3. The molecule has 1 aromatic carbocycles. The van der Waals surface area contributed by atoms with Gasteiger partial charge in [-0.05, 0) is 18.2 Å². The zero-order valence-electron chi connectivity index (χ0n) is 10.4. The Balaban J connectivity index is 1.75. The van der Waals surface area contributed by atoms with Crippen LogP contribution in [0, 0.1) is 0 Å². The summed E-state index contributed by atoms with van der Waals surface area (Å²) in [5.41, 5.74) is 1.94. The van der Waals surface area contributed by atoms with E-state index in [0.717, 1.165) is 22.3 Å². The highest BCUT2D eigenvalue weighted by molar-refractivity contribution is 5.80. The van der Waals surface area contributed by atoms with Crippen LogP contribution in [0.4, 0.5) is 0 Å². The standard InChI is InChI=1S/C15H15NO3/c17-9-13(15-6-3-7-18-15)16-8-11-10-19-14-5-2-1-4-12(11)14/h1-7,10,13,16-17H,8-9H2. The molecule has 98 valence electrons. The lowest BCUT2D eigenvalue weighted by molar-refractivity contribution is 0.225. The molecule has 0 radical (unpaired) electrons. The average molecular weight is 257 g/mol. The number of hydrogen-bond donors (Lipinski definition) is 2. The van der Waals surface area contributed by atoms with Crippen molar-refractivity contribution < 1.29 is 13.9 Å². The summed E-state index contributed by atoms with van der Waals surface area (Å²) in [5, 5.41) is 13.7. The van der Waals surface area contributed by atoms with Crippen LogP contribution in [-0.4, -0.2) is 11.7 Å². The number of fused-ring (bicyclic) bond motifs is 1. The highest BCUT2D eigenvalue weighted by Gasteiger charge is 2.13. The Morgan fingerprint density at radius 3 is 2.79 bits per heavy atom. The highest BCUT2D eigenvalue weighted by atomic mass is 16.3. The second kappa shape index (κ2) is 5.30. The van der Waals surface area contributed by atoms with Crippen LogP contribution in [0.3, 0.4) is 0 Å². The van der Waals surface area contributed by atoms with Crippen molar-refractivity contribution in [2.24, 2.45) is 0 Å². The molecule has 0 saturated heterocycles. The Morgan fingerprint density at radius 2 is 2.00 bits per heavy atom. The summed E-state index contributed by atoms with van der Waals surface area (Å²) in [4.78, 5) is 0. The fourth-order valence-electron chi connectivity index (χ4n) is 2.15. The van der Waals surface area contributed by atoms with Gasteiger partial charge in [0, 0.05) is 17.5 Å². The summed E-state index contributed by atoms with van der Waals surface area (Å²) in [6.45, 7) is 0.603. The van der Waals surface area contributed by atoms with Crippen LogP contribution in [0.5, 0.6) is 0 Å². The molecule has 0 aliphatic heterocycles. The fraction of sp³-hybridized carbons (Fsp3) is 0.200. The quantitative estimate of drug-likeness (QED) is 0.738. The second-order valence-electron chi connectivity index (χ2n) is 4.39. The predicted octanol–water partition coefficient (Wildman–Crippen LogP) is 2.85. The molecule has 0 aliphatic rings. The molecule has 2 heterocycles. The number of benzene rings is 1. The van der Waals surface area contributed by atoms with Gasteiger partial charge in [-0.25, -0.2) is 0 Å². The van der Waals surface area contributed by atoms with E-state index >= 15 is 0 Å². The van der Waals surface area contributed by atoms with Gasteiger partial charge in [-0.1, -0.05) is 18.2 Å². The molecule has 0 fully saturated rings. The largest absolute Gasteiger partial charge is 0.468 e. The van der Waals surface area contributed by atoms with Gasteiger partial charge in [-0.2, -0.15) is 0 Å². The van der Waals surface area contributed by atoms with E-state index in [4.69, 9.17) is 8.83 Å². The molecule has 0 spiro atoms. The fourth-order valence-corrected chi connectivity index (χ4v) is 2.15. The highest BCUT2D eigenvalue weighted by Crippen LogP contribution is 2.21. The first-order valence-corrected chi connectivity index (χ1v) is 6.21. The summed E-state index contributed by atoms with van der Waals surface area (Å²) in [6, 6.07) is 11.4. The molecular weight excluding hydrogens is 242 g/mol. The van der Waals surface area contributed by atoms with Gasteiger partial charge in [0.15, 0.2) is 0 Å². The van der Waals surface area contributed by atoms with Crippen molar-refractivity contribution in [3.63, 3.8) is 0 Å². The lowest BCUT2D eigenvalue weighted by atomic mass is 10.1. The molecule has 19 heavy (non-hydrogen) atoms. The van der Waals surface area contributed by atoms with Crippen LogP contribution in [-0.2, 0) is 6.54 Å². The lowest BCUT2D eigenvalue weighted by Crippen LogP contribution is -2.23. The Morgan fingerprint density at radius 1 is 1.11 bits per heavy atom. The maximum atomic E-state index is 9.39. The molecule has 1 atom stereocenters. The second-order valence-corrected chi connectivity index (χ2v) is 4.39. The first kappa shape index (κ1) is 12.0. The molecule has 2 N–H and O–H groups in total. The molecule has 3 rings (SSSR count). The maximum absolute atomic E-state index is 9.39. The Kier molecular flexibility index (Phi) is 3.35. The van der Waals surface area contributed by atoms with E-state index < -0.39 is 0 Å². The monoisotopic (exact) mass is 257 g/mol. The van der Waals surface area contributed by atoms with E-state index in [2.05, 4.69) is 5.32 Å². The van der Waals surface area contributed by atoms with E-state index in [-0.39, 0.29) is 12.6 Å². The Labute approximate surface area is 110 Å². The van der Waals surface area contributed by atoms with Crippen molar-refractivity contribution in [2.75, 3.05) is 6.61 Å². The average Bonchev–Trinajstić information content (AvgIpc) is 3.09. The smallest absolute Gasteiger partial charge is 0.134 e. The number of rotatable bonds is 5. The van der Waals surface area contributed by atoms with Crippen LogP contribution in [0.15, 0.2) is 57.8 Å². The van der Waals surface area contributed by atoms with E-state index in [0.29, 0.717) is 6.54 Å². The minimum atomic E-state index is -0.205. The van der Waals surface area contributed by atoms with Crippen molar-refractivity contribution in [3.05, 3.63) is 60.2 Å². The molecule has 4 nitrogen and oxygen atoms in total. The molecule has 4 heteroatoms. The van der Waals surface area contributed by atoms with Crippen LogP contribution in [0.25, 0.3) is 11.0 Å². The minimum Gasteiger partial charge on any atom is -0.468 e. The molecule has 2 aromatic heterocycles. The van der Waals surface area contributed by atoms with Crippen molar-refractivity contribution in [1.82, 2.24) is 5.32 Å². The van der Waals surface area contributed by atoms with Crippen LogP contribution in [0.1, 0.15) is 17.4 Å². The third-order valence-corrected chi connectivity index (χ3v) is 3.17. The van der Waals surface area contributed by atoms with Crippen molar-refractivity contribution >= 4 is 11.0 Å². The van der Waals surface area contributed by atoms with E-state index in [1.165, 1.54) is 0 Å². The molecule has 0 aliphatic carbocycles. The molecule has 3 aromatic rings. The lowest BCUT2D eigenvalue weighted by Gasteiger charge is -2.13. The number of furan rings is 2. The van der Waals surface area contributed by atoms with Crippen molar-refractivity contribution in [3.8, 4) is 0 Å². The van der Waals surface area contributed by atoms with Gasteiger partial charge in [-0.3, -0.25) is 0 Å². The van der Waals surface area contributed by atoms with E-state index in [1.807, 2.05) is 36.4 Å². The normalized spacial score (nSPS) is 12.9. The first-order valence-electron chi connectivity index (χ1n) is 6.21. The van der Waals surface area contributed by atoms with Crippen LogP contribution >= 0.6 is 0 Å². The molecule has 1 unspecified atom stereocenters. The summed E-state index contributed by atoms with van der Waals surface area (Å²) in [5.74, 6) is 0.732. The summed E-state index contributed by atoms with van der Waals surface area (Å²) in [6.07, 6.45) is 3.35. The third-order valence-electron chi connectivity index (χ3n) is 3.17. The van der Waals surface area contributed by atoms with Gasteiger partial charge in [0.05, 0.1) is 25.2 Å². The number of hydrogen-bond acceptors (Lipinski definition) is 4. The summed E-state index contributed by atoms with van der Waals surface area (Å²) < 4.78 is 10.8. The number of para-hydroxylation sites is 1. The van der Waals surface area contributed by atoms with Gasteiger partial charge in [0.25, 0.3) is 0 Å². The SMILES string of the molecule is OCC(NCc1coc2ccccc12)c1ccco1. The van der Waals surface area contributed by atoms with Crippen molar-refractivity contribution in [2.45, 2.75) is 12.6 Å². The molecule has 0 amide bonds. The molecule has 0 bridgehead atoms. The van der Waals surface area contributed by atoms with Crippen LogP contribution in [0.2, 0.25) is 0 Å². The maximum Gasteiger partial charge on any atom is 0.134 e. The summed E-state index contributed by atoms with van der Waals surface area (Å²) in [7, 11) is 0. The number of aliphatic hydroxyl groups is 1. The Hall–Kier alpha value is -2.04. The van der Waals surface area contributed by atoms with Gasteiger partial charge < -0.3 is 19.3 Å².